The van der Waals surface area contributed by atoms with E-state index in [1.54, 1.807) is 7.05 Å². The number of hydrogen-bond acceptors (Lipinski definition) is 3. The number of para-hydroxylation sites is 2. The van der Waals surface area contributed by atoms with Gasteiger partial charge >= 0.3 is 6.18 Å². The molecular formula is C22H26F3N3O2. The first-order valence-electron chi connectivity index (χ1n) is 9.65. The highest BCUT2D eigenvalue weighted by molar-refractivity contribution is 5.95. The summed E-state index contributed by atoms with van der Waals surface area (Å²) in [7, 11) is 1.55. The average Bonchev–Trinajstić information content (AvgIpc) is 2.67. The van der Waals surface area contributed by atoms with Crippen molar-refractivity contribution in [2.75, 3.05) is 30.8 Å². The first kappa shape index (κ1) is 23.4. The normalized spacial score (nSPS) is 12.5. The van der Waals surface area contributed by atoms with Crippen LogP contribution in [0.15, 0.2) is 48.5 Å². The van der Waals surface area contributed by atoms with Crippen molar-refractivity contribution in [3.8, 4) is 0 Å². The fourth-order valence-electron chi connectivity index (χ4n) is 3.03. The lowest BCUT2D eigenvalue weighted by Crippen LogP contribution is -2.36. The number of alkyl halides is 3. The minimum atomic E-state index is -4.57. The number of likely N-dealkylation sites (N-methyl/N-ethyl adjacent to an activating group) is 1. The summed E-state index contributed by atoms with van der Waals surface area (Å²) in [5, 5.41) is 5.12. The van der Waals surface area contributed by atoms with Gasteiger partial charge in [0.1, 0.15) is 0 Å². The van der Waals surface area contributed by atoms with Crippen molar-refractivity contribution in [3.05, 3.63) is 59.7 Å². The highest BCUT2D eigenvalue weighted by atomic mass is 19.4. The van der Waals surface area contributed by atoms with Crippen LogP contribution in [-0.4, -0.2) is 36.9 Å². The molecule has 1 atom stereocenters. The summed E-state index contributed by atoms with van der Waals surface area (Å²) in [4.78, 5) is 26.0. The molecule has 2 rings (SSSR count). The Morgan fingerprint density at radius 2 is 1.43 bits per heavy atom. The molecule has 2 amide bonds. The number of nitrogens with zero attached hydrogens (tertiary/aromatic N) is 1. The summed E-state index contributed by atoms with van der Waals surface area (Å²) in [6, 6.07) is 12.3. The predicted octanol–water partition coefficient (Wildman–Crippen LogP) is 4.73. The molecule has 162 valence electrons. The van der Waals surface area contributed by atoms with Crippen LogP contribution >= 0.6 is 0 Å². The smallest absolute Gasteiger partial charge is 0.325 e. The Morgan fingerprint density at radius 1 is 0.933 bits per heavy atom. The first-order chi connectivity index (χ1) is 14.1. The molecule has 0 aliphatic heterocycles. The van der Waals surface area contributed by atoms with Gasteiger partial charge in [0, 0.05) is 5.69 Å². The van der Waals surface area contributed by atoms with Gasteiger partial charge in [-0.2, -0.15) is 13.2 Å². The van der Waals surface area contributed by atoms with Crippen LogP contribution in [0.25, 0.3) is 0 Å². The van der Waals surface area contributed by atoms with E-state index in [0.717, 1.165) is 18.1 Å². The maximum absolute atomic E-state index is 13.0. The second-order valence-electron chi connectivity index (χ2n) is 7.21. The lowest BCUT2D eigenvalue weighted by Gasteiger charge is -2.19. The van der Waals surface area contributed by atoms with Crippen LogP contribution in [0, 0.1) is 0 Å². The number of nitrogens with one attached hydrogen (secondary N) is 2. The van der Waals surface area contributed by atoms with Crippen molar-refractivity contribution in [1.29, 1.82) is 0 Å². The molecule has 0 aliphatic rings. The van der Waals surface area contributed by atoms with E-state index >= 15 is 0 Å². The molecule has 0 heterocycles. The lowest BCUT2D eigenvalue weighted by atomic mass is 9.97. The van der Waals surface area contributed by atoms with Gasteiger partial charge in [-0.3, -0.25) is 14.5 Å². The lowest BCUT2D eigenvalue weighted by molar-refractivity contribution is -0.137. The number of halogens is 3. The van der Waals surface area contributed by atoms with Crippen LogP contribution in [-0.2, 0) is 15.8 Å². The van der Waals surface area contributed by atoms with E-state index < -0.39 is 17.6 Å². The average molecular weight is 421 g/mol. The van der Waals surface area contributed by atoms with Crippen LogP contribution in [0.2, 0.25) is 0 Å². The number of rotatable bonds is 8. The fraction of sp³-hybridized carbons (Fsp3) is 0.364. The number of hydrogen-bond donors (Lipinski definition) is 2. The van der Waals surface area contributed by atoms with Crippen LogP contribution in [0.1, 0.15) is 37.3 Å². The van der Waals surface area contributed by atoms with Crippen LogP contribution in [0.4, 0.5) is 24.5 Å². The van der Waals surface area contributed by atoms with Gasteiger partial charge in [-0.15, -0.1) is 0 Å². The van der Waals surface area contributed by atoms with Crippen LogP contribution in [0.3, 0.4) is 0 Å². The van der Waals surface area contributed by atoms with Crippen molar-refractivity contribution in [2.45, 2.75) is 32.4 Å². The highest BCUT2D eigenvalue weighted by Gasteiger charge is 2.33. The van der Waals surface area contributed by atoms with E-state index in [9.17, 15) is 22.8 Å². The van der Waals surface area contributed by atoms with E-state index in [-0.39, 0.29) is 30.6 Å². The number of amides is 2. The zero-order valence-electron chi connectivity index (χ0n) is 17.2. The molecule has 2 N–H and O–H groups in total. The molecule has 2 aromatic carbocycles. The number of anilines is 2. The Balaban J connectivity index is 1.94. The molecule has 0 saturated carbocycles. The van der Waals surface area contributed by atoms with Gasteiger partial charge in [0.25, 0.3) is 0 Å². The molecule has 30 heavy (non-hydrogen) atoms. The third-order valence-corrected chi connectivity index (χ3v) is 4.71. The van der Waals surface area contributed by atoms with Crippen molar-refractivity contribution in [2.24, 2.45) is 0 Å². The zero-order valence-corrected chi connectivity index (χ0v) is 17.2. The number of carbonyl (C=O) groups is 2. The first-order valence-corrected chi connectivity index (χ1v) is 9.65. The molecule has 0 fully saturated rings. The van der Waals surface area contributed by atoms with Crippen LogP contribution < -0.4 is 10.6 Å². The summed E-state index contributed by atoms with van der Waals surface area (Å²) in [5.74, 6) is -0.669. The fourth-order valence-corrected chi connectivity index (χ4v) is 3.03. The topological polar surface area (TPSA) is 61.4 Å². The molecule has 2 aromatic rings. The third-order valence-electron chi connectivity index (χ3n) is 4.71. The Bertz CT molecular complexity index is 884. The van der Waals surface area contributed by atoms with Gasteiger partial charge in [-0.1, -0.05) is 44.2 Å². The molecular weight excluding hydrogens is 395 g/mol. The van der Waals surface area contributed by atoms with Gasteiger partial charge in [0.05, 0.1) is 24.3 Å². The molecule has 0 bridgehead atoms. The molecule has 0 aliphatic carbocycles. The Labute approximate surface area is 174 Å². The van der Waals surface area contributed by atoms with E-state index in [2.05, 4.69) is 24.5 Å². The molecule has 0 spiro atoms. The van der Waals surface area contributed by atoms with Gasteiger partial charge in [0.15, 0.2) is 0 Å². The second kappa shape index (κ2) is 10.2. The summed E-state index contributed by atoms with van der Waals surface area (Å²) < 4.78 is 39.1. The second-order valence-corrected chi connectivity index (χ2v) is 7.21. The van der Waals surface area contributed by atoms with Crippen molar-refractivity contribution in [1.82, 2.24) is 4.90 Å². The summed E-state index contributed by atoms with van der Waals surface area (Å²) in [6.45, 7) is 3.82. The monoisotopic (exact) mass is 421 g/mol. The standard InChI is InChI=1S/C22H26F3N3O2/c1-4-15(2)16-9-5-7-11-18(16)26-20(29)13-28(3)14-21(30)27-19-12-8-6-10-17(19)22(23,24)25/h5-12,15H,4,13-14H2,1-3H3,(H,26,29)(H,27,30)/t15-/m1/s1. The maximum atomic E-state index is 13.0. The van der Waals surface area contributed by atoms with Gasteiger partial charge in [-0.05, 0) is 43.1 Å². The van der Waals surface area contributed by atoms with Crippen molar-refractivity contribution in [3.63, 3.8) is 0 Å². The molecule has 5 nitrogen and oxygen atoms in total. The Hall–Kier alpha value is -2.87. The number of benzene rings is 2. The van der Waals surface area contributed by atoms with Gasteiger partial charge < -0.3 is 10.6 Å². The summed E-state index contributed by atoms with van der Waals surface area (Å²) >= 11 is 0. The molecule has 8 heteroatoms. The highest BCUT2D eigenvalue weighted by Crippen LogP contribution is 2.34. The van der Waals surface area contributed by atoms with E-state index in [1.807, 2.05) is 24.3 Å². The van der Waals surface area contributed by atoms with Gasteiger partial charge in [0.2, 0.25) is 11.8 Å². The summed E-state index contributed by atoms with van der Waals surface area (Å²) in [6.07, 6.45) is -3.65. The van der Waals surface area contributed by atoms with Crippen molar-refractivity contribution >= 4 is 23.2 Å². The Morgan fingerprint density at radius 3 is 2.00 bits per heavy atom. The molecule has 0 radical (unpaired) electrons. The van der Waals surface area contributed by atoms with E-state index in [1.165, 1.54) is 23.1 Å². The van der Waals surface area contributed by atoms with Crippen LogP contribution in [0.5, 0.6) is 0 Å². The minimum Gasteiger partial charge on any atom is -0.325 e. The quantitative estimate of drug-likeness (QED) is 0.648. The van der Waals surface area contributed by atoms with E-state index in [4.69, 9.17) is 0 Å². The number of carbonyl (C=O) groups excluding carboxylic acids is 2. The molecule has 0 unspecified atom stereocenters. The van der Waals surface area contributed by atoms with Gasteiger partial charge in [-0.25, -0.2) is 0 Å². The van der Waals surface area contributed by atoms with E-state index in [0.29, 0.717) is 5.69 Å². The third kappa shape index (κ3) is 6.59. The Kier molecular flexibility index (Phi) is 8.00. The van der Waals surface area contributed by atoms with Crippen molar-refractivity contribution < 1.29 is 22.8 Å². The zero-order chi connectivity index (χ0) is 22.3. The predicted molar refractivity (Wildman–Crippen MR) is 111 cm³/mol. The molecule has 0 aromatic heterocycles. The maximum Gasteiger partial charge on any atom is 0.418 e. The minimum absolute atomic E-state index is 0.0802. The molecule has 0 saturated heterocycles. The summed E-state index contributed by atoms with van der Waals surface area (Å²) in [5.41, 5.74) is 0.516. The largest absolute Gasteiger partial charge is 0.418 e. The SMILES string of the molecule is CC[C@@H](C)c1ccccc1NC(=O)CN(C)CC(=O)Nc1ccccc1C(F)(F)F.